The molecular formula is C24H28F3N7O4. The largest absolute Gasteiger partial charge is 0.369 e. The van der Waals surface area contributed by atoms with Gasteiger partial charge in [0.15, 0.2) is 17.6 Å². The first-order valence-corrected chi connectivity index (χ1v) is 12.6. The number of rotatable bonds is 7. The van der Waals surface area contributed by atoms with Gasteiger partial charge in [-0.15, -0.1) is 0 Å². The molecule has 2 aliphatic carbocycles. The number of nitrogens with zero attached hydrogens (tertiary/aromatic N) is 5. The van der Waals surface area contributed by atoms with Crippen molar-refractivity contribution in [1.82, 2.24) is 35.5 Å². The number of carbonyl (C=O) groups excluding carboxylic acids is 2. The molecule has 3 aromatic rings. The van der Waals surface area contributed by atoms with Gasteiger partial charge >= 0.3 is 0 Å². The minimum absolute atomic E-state index is 0.0134. The van der Waals surface area contributed by atoms with Crippen LogP contribution in [0.5, 0.6) is 0 Å². The van der Waals surface area contributed by atoms with Crippen LogP contribution in [0.4, 0.5) is 13.2 Å². The highest BCUT2D eigenvalue weighted by Crippen LogP contribution is 2.41. The number of aromatic nitrogens is 5. The maximum absolute atomic E-state index is 13.9. The van der Waals surface area contributed by atoms with E-state index in [2.05, 4.69) is 35.7 Å². The molecule has 2 saturated carbocycles. The average molecular weight is 536 g/mol. The van der Waals surface area contributed by atoms with Crippen molar-refractivity contribution < 1.29 is 32.5 Å². The summed E-state index contributed by atoms with van der Waals surface area (Å²) in [5.41, 5.74) is 1.25. The van der Waals surface area contributed by atoms with E-state index in [4.69, 9.17) is 0 Å². The van der Waals surface area contributed by atoms with Gasteiger partial charge in [-0.25, -0.2) is 27.3 Å². The Morgan fingerprint density at radius 2 is 1.95 bits per heavy atom. The fourth-order valence-corrected chi connectivity index (χ4v) is 5.19. The maximum atomic E-state index is 13.9. The number of amides is 2. The molecule has 0 saturated heterocycles. The molecule has 3 N–H and O–H groups in total. The smallest absolute Gasteiger partial charge is 0.276 e. The monoisotopic (exact) mass is 535 g/mol. The number of nitrogens with one attached hydrogen (secondary N) is 2. The number of aliphatic hydroxyl groups excluding tert-OH is 1. The molecule has 1 unspecified atom stereocenters. The Bertz CT molecular complexity index is 1320. The van der Waals surface area contributed by atoms with E-state index in [0.717, 1.165) is 0 Å². The van der Waals surface area contributed by atoms with Crippen molar-refractivity contribution in [3.8, 4) is 0 Å². The molecular weight excluding hydrogens is 507 g/mol. The maximum Gasteiger partial charge on any atom is 0.276 e. The molecule has 2 amide bonds. The number of alkyl halides is 3. The molecule has 0 aliphatic heterocycles. The Labute approximate surface area is 215 Å². The van der Waals surface area contributed by atoms with Gasteiger partial charge in [0.1, 0.15) is 11.9 Å². The molecule has 11 nitrogen and oxygen atoms in total. The van der Waals surface area contributed by atoms with Crippen molar-refractivity contribution in [2.75, 3.05) is 0 Å². The minimum Gasteiger partial charge on any atom is -0.369 e. The molecule has 2 fully saturated rings. The second-order valence-corrected chi connectivity index (χ2v) is 10.1. The Kier molecular flexibility index (Phi) is 7.07. The third kappa shape index (κ3) is 5.49. The molecule has 2 aliphatic rings. The Hall–Kier alpha value is -3.55. The van der Waals surface area contributed by atoms with Crippen molar-refractivity contribution in [1.29, 1.82) is 0 Å². The lowest BCUT2D eigenvalue weighted by molar-refractivity contribution is -0.128. The molecule has 3 aromatic heterocycles. The molecule has 0 bridgehead atoms. The first-order chi connectivity index (χ1) is 18.1. The Morgan fingerprint density at radius 3 is 2.61 bits per heavy atom. The van der Waals surface area contributed by atoms with E-state index in [0.29, 0.717) is 24.2 Å². The lowest BCUT2D eigenvalue weighted by Crippen LogP contribution is -2.37. The SMILES string of the molecule is Cc1nonc1C(=O)N[C@H](c1cn2ncc([C@@H](O)NC(=O)[C@H]3CCC(F)C3)cc2n1)C1CCC(F)(F)CC1. The highest BCUT2D eigenvalue weighted by Gasteiger charge is 2.40. The summed E-state index contributed by atoms with van der Waals surface area (Å²) in [5, 5.41) is 27.4. The quantitative estimate of drug-likeness (QED) is 0.391. The predicted molar refractivity (Wildman–Crippen MR) is 124 cm³/mol. The third-order valence-electron chi connectivity index (χ3n) is 7.40. The summed E-state index contributed by atoms with van der Waals surface area (Å²) in [6.45, 7) is 1.56. The van der Waals surface area contributed by atoms with Crippen LogP contribution in [-0.2, 0) is 4.79 Å². The van der Waals surface area contributed by atoms with Gasteiger partial charge in [-0.1, -0.05) is 5.16 Å². The first-order valence-electron chi connectivity index (χ1n) is 12.6. The van der Waals surface area contributed by atoms with E-state index < -0.39 is 42.1 Å². The molecule has 5 rings (SSSR count). The molecule has 0 aromatic carbocycles. The zero-order valence-corrected chi connectivity index (χ0v) is 20.6. The van der Waals surface area contributed by atoms with Crippen LogP contribution < -0.4 is 10.6 Å². The van der Waals surface area contributed by atoms with Crippen molar-refractivity contribution in [2.45, 2.75) is 76.2 Å². The predicted octanol–water partition coefficient (Wildman–Crippen LogP) is 2.96. The molecule has 3 heterocycles. The average Bonchev–Trinajstić information content (AvgIpc) is 3.61. The number of aryl methyl sites for hydroxylation is 1. The summed E-state index contributed by atoms with van der Waals surface area (Å²) in [4.78, 5) is 29.8. The number of imidazole rings is 1. The van der Waals surface area contributed by atoms with Crippen molar-refractivity contribution in [2.24, 2.45) is 11.8 Å². The van der Waals surface area contributed by atoms with Gasteiger partial charge in [-0.3, -0.25) is 9.59 Å². The Balaban J connectivity index is 1.37. The first kappa shape index (κ1) is 26.1. The van der Waals surface area contributed by atoms with Crippen LogP contribution in [0, 0.1) is 18.8 Å². The lowest BCUT2D eigenvalue weighted by atomic mass is 9.81. The molecule has 0 radical (unpaired) electrons. The summed E-state index contributed by atoms with van der Waals surface area (Å²) in [7, 11) is 0. The fraction of sp³-hybridized carbons (Fsp3) is 0.583. The van der Waals surface area contributed by atoms with E-state index in [9.17, 15) is 27.9 Å². The summed E-state index contributed by atoms with van der Waals surface area (Å²) in [6, 6.07) is 0.800. The summed E-state index contributed by atoms with van der Waals surface area (Å²) in [6.07, 6.45) is 1.15. The fourth-order valence-electron chi connectivity index (χ4n) is 5.19. The normalized spacial score (nSPS) is 23.3. The molecule has 14 heteroatoms. The van der Waals surface area contributed by atoms with Crippen molar-refractivity contribution >= 4 is 17.5 Å². The van der Waals surface area contributed by atoms with Crippen LogP contribution in [-0.4, -0.2) is 53.9 Å². The lowest BCUT2D eigenvalue weighted by Gasteiger charge is -2.33. The Morgan fingerprint density at radius 1 is 1.18 bits per heavy atom. The number of hydrogen-bond donors (Lipinski definition) is 3. The topological polar surface area (TPSA) is 148 Å². The zero-order valence-electron chi connectivity index (χ0n) is 20.6. The summed E-state index contributed by atoms with van der Waals surface area (Å²) >= 11 is 0. The zero-order chi connectivity index (χ0) is 27.0. The van der Waals surface area contributed by atoms with Gasteiger partial charge < -0.3 is 15.7 Å². The van der Waals surface area contributed by atoms with Crippen LogP contribution in [0.3, 0.4) is 0 Å². The second-order valence-electron chi connectivity index (χ2n) is 10.1. The van der Waals surface area contributed by atoms with Crippen LogP contribution in [0.1, 0.15) is 84.7 Å². The number of fused-ring (bicyclic) bond motifs is 1. The van der Waals surface area contributed by atoms with E-state index in [1.165, 1.54) is 16.8 Å². The van der Waals surface area contributed by atoms with Crippen molar-refractivity contribution in [3.63, 3.8) is 0 Å². The molecule has 0 spiro atoms. The second kappa shape index (κ2) is 10.3. The van der Waals surface area contributed by atoms with E-state index in [-0.39, 0.29) is 55.0 Å². The standard InChI is InChI=1S/C24H28F3N7O4/c1-12-19(33-38-32-12)23(37)30-20(13-4-6-24(26,27)7-5-13)17-11-34-18(29-17)9-15(10-28-34)22(36)31-21(35)14-2-3-16(25)8-14/h9-11,13-14,16,20,22,36H,2-8H2,1H3,(H,30,37)(H,31,35)/t14-,16?,20-,22+/m0/s1. The van der Waals surface area contributed by atoms with Gasteiger partial charge in [-0.2, -0.15) is 5.10 Å². The number of hydrogen-bond acceptors (Lipinski definition) is 8. The number of aliphatic hydroxyl groups is 1. The van der Waals surface area contributed by atoms with E-state index in [1.54, 1.807) is 13.1 Å². The van der Waals surface area contributed by atoms with Gasteiger partial charge in [0, 0.05) is 24.3 Å². The van der Waals surface area contributed by atoms with Crippen LogP contribution in [0.2, 0.25) is 0 Å². The van der Waals surface area contributed by atoms with Gasteiger partial charge in [0.05, 0.1) is 24.1 Å². The van der Waals surface area contributed by atoms with Crippen LogP contribution in [0.15, 0.2) is 23.1 Å². The van der Waals surface area contributed by atoms with E-state index in [1.807, 2.05) is 0 Å². The number of carbonyl (C=O) groups is 2. The number of halogens is 3. The van der Waals surface area contributed by atoms with Gasteiger partial charge in [0.2, 0.25) is 11.8 Å². The molecule has 4 atom stereocenters. The van der Waals surface area contributed by atoms with Crippen molar-refractivity contribution in [3.05, 3.63) is 41.1 Å². The summed E-state index contributed by atoms with van der Waals surface area (Å²) < 4.78 is 47.2. The molecule has 204 valence electrons. The highest BCUT2D eigenvalue weighted by molar-refractivity contribution is 5.93. The summed E-state index contributed by atoms with van der Waals surface area (Å²) in [5.74, 6) is -4.57. The highest BCUT2D eigenvalue weighted by atomic mass is 19.3. The van der Waals surface area contributed by atoms with Crippen LogP contribution in [0.25, 0.3) is 5.65 Å². The third-order valence-corrected chi connectivity index (χ3v) is 7.40. The minimum atomic E-state index is -2.75. The molecule has 38 heavy (non-hydrogen) atoms. The van der Waals surface area contributed by atoms with Crippen LogP contribution >= 0.6 is 0 Å². The van der Waals surface area contributed by atoms with Gasteiger partial charge in [-0.05, 0) is 56.2 Å². The van der Waals surface area contributed by atoms with Gasteiger partial charge in [0.25, 0.3) is 5.91 Å². The van der Waals surface area contributed by atoms with E-state index >= 15 is 0 Å².